The molecule has 1 amide bonds. The quantitative estimate of drug-likeness (QED) is 0.194. The second kappa shape index (κ2) is 13.4. The molecular weight excluding hydrogens is 561 g/mol. The van der Waals surface area contributed by atoms with Gasteiger partial charge in [0.1, 0.15) is 6.54 Å². The Balaban J connectivity index is 1.88. The van der Waals surface area contributed by atoms with Gasteiger partial charge in [0.2, 0.25) is 21.7 Å². The van der Waals surface area contributed by atoms with E-state index >= 15 is 0 Å². The van der Waals surface area contributed by atoms with Gasteiger partial charge in [-0.15, -0.1) is 0 Å². The minimum absolute atomic E-state index is 0.00552. The summed E-state index contributed by atoms with van der Waals surface area (Å²) in [5, 5.41) is 24.8. The molecule has 0 spiro atoms. The number of aliphatic hydroxyl groups excluding tert-OH is 1. The van der Waals surface area contributed by atoms with Gasteiger partial charge >= 0.3 is 5.69 Å². The number of nitrogens with one attached hydrogen (secondary N) is 2. The SMILES string of the molecule is CC(C)CN(C[C@@H](O)[C@H](Cc1ccccc1)NC(=O)Cn1cc(F)c(=O)[nH]c1=O)S(=O)(=O)c1ccc([N+](=O)[O-])cc1. The van der Waals surface area contributed by atoms with E-state index in [1.54, 1.807) is 49.2 Å². The highest BCUT2D eigenvalue weighted by Gasteiger charge is 2.31. The molecule has 0 radical (unpaired) electrons. The minimum atomic E-state index is -4.21. The van der Waals surface area contributed by atoms with Crippen molar-refractivity contribution in [3.8, 4) is 0 Å². The fourth-order valence-electron chi connectivity index (χ4n) is 4.06. The van der Waals surface area contributed by atoms with E-state index in [1.807, 2.05) is 0 Å². The van der Waals surface area contributed by atoms with Crippen LogP contribution in [0.3, 0.4) is 0 Å². The molecule has 220 valence electrons. The van der Waals surface area contributed by atoms with E-state index in [2.05, 4.69) is 5.32 Å². The van der Waals surface area contributed by atoms with Crippen LogP contribution >= 0.6 is 0 Å². The second-order valence-electron chi connectivity index (χ2n) is 9.76. The summed E-state index contributed by atoms with van der Waals surface area (Å²) in [6, 6.07) is 12.0. The molecule has 3 N–H and O–H groups in total. The van der Waals surface area contributed by atoms with Gasteiger partial charge in [-0.3, -0.25) is 29.3 Å². The van der Waals surface area contributed by atoms with Crippen LogP contribution in [0, 0.1) is 21.8 Å². The fourth-order valence-corrected chi connectivity index (χ4v) is 5.68. The van der Waals surface area contributed by atoms with Crippen molar-refractivity contribution in [1.29, 1.82) is 0 Å². The Bertz CT molecular complexity index is 1590. The molecule has 0 aliphatic heterocycles. The summed E-state index contributed by atoms with van der Waals surface area (Å²) < 4.78 is 42.3. The van der Waals surface area contributed by atoms with Crippen molar-refractivity contribution in [2.45, 2.75) is 43.9 Å². The van der Waals surface area contributed by atoms with E-state index in [0.29, 0.717) is 16.3 Å². The Kier molecular flexibility index (Phi) is 10.3. The number of sulfonamides is 1. The molecule has 0 aliphatic rings. The molecule has 0 aliphatic carbocycles. The molecule has 13 nitrogen and oxygen atoms in total. The number of nitrogens with zero attached hydrogens (tertiary/aromatic N) is 3. The summed E-state index contributed by atoms with van der Waals surface area (Å²) in [6.07, 6.45) is -0.782. The highest BCUT2D eigenvalue weighted by molar-refractivity contribution is 7.89. The van der Waals surface area contributed by atoms with Crippen LogP contribution in [0.15, 0.2) is 75.3 Å². The zero-order chi connectivity index (χ0) is 30.3. The number of non-ortho nitro benzene ring substituents is 1. The zero-order valence-corrected chi connectivity index (χ0v) is 23.1. The lowest BCUT2D eigenvalue weighted by atomic mass is 10.0. The second-order valence-corrected chi connectivity index (χ2v) is 11.7. The highest BCUT2D eigenvalue weighted by atomic mass is 32.2. The van der Waals surface area contributed by atoms with Gasteiger partial charge in [0.15, 0.2) is 0 Å². The number of nitro groups is 1. The number of hydrogen-bond acceptors (Lipinski definition) is 8. The third kappa shape index (κ3) is 8.39. The van der Waals surface area contributed by atoms with Crippen molar-refractivity contribution in [3.05, 3.63) is 103 Å². The van der Waals surface area contributed by atoms with Gasteiger partial charge in [-0.1, -0.05) is 44.2 Å². The van der Waals surface area contributed by atoms with E-state index in [4.69, 9.17) is 0 Å². The number of H-pyrrole nitrogens is 1. The van der Waals surface area contributed by atoms with Crippen molar-refractivity contribution >= 4 is 21.6 Å². The van der Waals surface area contributed by atoms with Crippen LogP contribution < -0.4 is 16.6 Å². The van der Waals surface area contributed by atoms with Crippen LogP contribution in [0.25, 0.3) is 0 Å². The lowest BCUT2D eigenvalue weighted by Crippen LogP contribution is -2.52. The smallest absolute Gasteiger partial charge is 0.328 e. The van der Waals surface area contributed by atoms with E-state index < -0.39 is 63.2 Å². The molecule has 2 aromatic carbocycles. The summed E-state index contributed by atoms with van der Waals surface area (Å²) in [4.78, 5) is 48.0. The number of rotatable bonds is 13. The maximum Gasteiger partial charge on any atom is 0.328 e. The van der Waals surface area contributed by atoms with Crippen molar-refractivity contribution < 1.29 is 27.6 Å². The van der Waals surface area contributed by atoms with Crippen molar-refractivity contribution in [2.24, 2.45) is 5.92 Å². The summed E-state index contributed by atoms with van der Waals surface area (Å²) >= 11 is 0. The summed E-state index contributed by atoms with van der Waals surface area (Å²) in [5.74, 6) is -2.23. The first kappa shape index (κ1) is 31.3. The molecule has 2 atom stereocenters. The monoisotopic (exact) mass is 591 g/mol. The molecule has 3 rings (SSSR count). The van der Waals surface area contributed by atoms with E-state index in [1.165, 1.54) is 0 Å². The number of halogens is 1. The molecule has 0 saturated carbocycles. The third-order valence-electron chi connectivity index (χ3n) is 6.04. The summed E-state index contributed by atoms with van der Waals surface area (Å²) in [7, 11) is -4.21. The van der Waals surface area contributed by atoms with Gasteiger partial charge in [-0.25, -0.2) is 13.2 Å². The number of hydrogen-bond donors (Lipinski definition) is 3. The molecule has 15 heteroatoms. The third-order valence-corrected chi connectivity index (χ3v) is 7.88. The van der Waals surface area contributed by atoms with E-state index in [9.17, 15) is 42.4 Å². The molecule has 0 unspecified atom stereocenters. The first-order valence-corrected chi connectivity index (χ1v) is 14.0. The Morgan fingerprint density at radius 3 is 2.34 bits per heavy atom. The van der Waals surface area contributed by atoms with Crippen LogP contribution in [-0.2, 0) is 27.8 Å². The maximum absolute atomic E-state index is 13.7. The normalized spacial score (nSPS) is 13.2. The van der Waals surface area contributed by atoms with Crippen LogP contribution in [0.4, 0.5) is 10.1 Å². The zero-order valence-electron chi connectivity index (χ0n) is 22.3. The first-order chi connectivity index (χ1) is 19.3. The molecule has 0 fully saturated rings. The molecule has 0 bridgehead atoms. The average molecular weight is 592 g/mol. The minimum Gasteiger partial charge on any atom is -0.390 e. The number of aromatic amines is 1. The molecule has 1 heterocycles. The number of nitro benzene ring substituents is 1. The Hall–Kier alpha value is -4.21. The molecule has 0 saturated heterocycles. The Morgan fingerprint density at radius 1 is 1.12 bits per heavy atom. The number of aliphatic hydroxyl groups is 1. The van der Waals surface area contributed by atoms with Crippen molar-refractivity contribution in [1.82, 2.24) is 19.2 Å². The lowest BCUT2D eigenvalue weighted by molar-refractivity contribution is -0.384. The van der Waals surface area contributed by atoms with Gasteiger partial charge in [0.05, 0.1) is 28.2 Å². The number of carbonyl (C=O) groups excluding carboxylic acids is 1. The van der Waals surface area contributed by atoms with Crippen LogP contribution in [0.5, 0.6) is 0 Å². The van der Waals surface area contributed by atoms with Crippen molar-refractivity contribution in [3.63, 3.8) is 0 Å². The first-order valence-electron chi connectivity index (χ1n) is 12.5. The summed E-state index contributed by atoms with van der Waals surface area (Å²) in [5.41, 5.74) is -1.82. The standard InChI is InChI=1S/C26H30FN5O8S/c1-17(2)13-31(41(39,40)20-10-8-19(9-11-20)32(37)38)15-23(33)22(12-18-6-4-3-5-7-18)28-24(34)16-30-14-21(27)25(35)29-26(30)36/h3-11,14,17,22-23,33H,12-13,15-16H2,1-2H3,(H,28,34)(H,29,35,36)/t22-,23+/m0/s1. The summed E-state index contributed by atoms with van der Waals surface area (Å²) in [6.45, 7) is 2.42. The Labute approximate surface area is 234 Å². The predicted molar refractivity (Wildman–Crippen MR) is 146 cm³/mol. The fraction of sp³-hybridized carbons (Fsp3) is 0.346. The molecular formula is C26H30FN5O8S. The van der Waals surface area contributed by atoms with Crippen LogP contribution in [-0.4, -0.2) is 63.4 Å². The van der Waals surface area contributed by atoms with Gasteiger partial charge in [0, 0.05) is 25.2 Å². The number of benzene rings is 2. The van der Waals surface area contributed by atoms with Gasteiger partial charge in [0.25, 0.3) is 11.2 Å². The number of amides is 1. The number of aromatic nitrogens is 2. The molecule has 1 aromatic heterocycles. The van der Waals surface area contributed by atoms with Gasteiger partial charge < -0.3 is 10.4 Å². The lowest BCUT2D eigenvalue weighted by Gasteiger charge is -2.30. The van der Waals surface area contributed by atoms with Crippen LogP contribution in [0.1, 0.15) is 19.4 Å². The van der Waals surface area contributed by atoms with Crippen molar-refractivity contribution in [2.75, 3.05) is 13.1 Å². The topological polar surface area (TPSA) is 185 Å². The van der Waals surface area contributed by atoms with Crippen LogP contribution in [0.2, 0.25) is 0 Å². The predicted octanol–water partition coefficient (Wildman–Crippen LogP) is 1.02. The highest BCUT2D eigenvalue weighted by Crippen LogP contribution is 2.22. The molecule has 3 aromatic rings. The Morgan fingerprint density at radius 2 is 1.76 bits per heavy atom. The van der Waals surface area contributed by atoms with E-state index in [0.717, 1.165) is 28.6 Å². The van der Waals surface area contributed by atoms with Gasteiger partial charge in [-0.2, -0.15) is 8.70 Å². The average Bonchev–Trinajstić information content (AvgIpc) is 2.91. The largest absolute Gasteiger partial charge is 0.390 e. The molecule has 41 heavy (non-hydrogen) atoms. The number of carbonyl (C=O) groups is 1. The van der Waals surface area contributed by atoms with Gasteiger partial charge in [-0.05, 0) is 30.0 Å². The maximum atomic E-state index is 13.7. The van der Waals surface area contributed by atoms with E-state index in [-0.39, 0.29) is 29.5 Å².